The van der Waals surface area contributed by atoms with Crippen LogP contribution in [0.4, 0.5) is 5.69 Å². The number of carbonyl (C=O) groups excluding carboxylic acids is 1. The van der Waals surface area contributed by atoms with Crippen LogP contribution in [0.2, 0.25) is 0 Å². The van der Waals surface area contributed by atoms with Crippen LogP contribution in [0.15, 0.2) is 60.8 Å². The van der Waals surface area contributed by atoms with Gasteiger partial charge in [0.25, 0.3) is 0 Å². The molecule has 3 heterocycles. The second kappa shape index (κ2) is 8.93. The number of thiocarbonyl (C=S) groups is 1. The number of thiophene rings is 1. The maximum absolute atomic E-state index is 12.6. The van der Waals surface area contributed by atoms with E-state index in [1.807, 2.05) is 49.4 Å². The molecule has 4 rings (SSSR count). The molecule has 0 spiro atoms. The van der Waals surface area contributed by atoms with Crippen LogP contribution in [-0.2, 0) is 4.79 Å². The van der Waals surface area contributed by atoms with Gasteiger partial charge in [0.05, 0.1) is 17.8 Å². The Morgan fingerprint density at radius 1 is 1.20 bits per heavy atom. The number of nitrogens with one attached hydrogen (secondary N) is 2. The molecule has 0 bridgehead atoms. The molecule has 3 aromatic rings. The van der Waals surface area contributed by atoms with E-state index in [0.717, 1.165) is 16.9 Å². The summed E-state index contributed by atoms with van der Waals surface area (Å²) >= 11 is 7.42. The summed E-state index contributed by atoms with van der Waals surface area (Å²) in [5.41, 5.74) is 2.88. The summed E-state index contributed by atoms with van der Waals surface area (Å²) in [6, 6.07) is 18.0. The highest BCUT2D eigenvalue weighted by Crippen LogP contribution is 2.41. The van der Waals surface area contributed by atoms with Crippen molar-refractivity contribution in [2.75, 3.05) is 11.9 Å². The van der Waals surface area contributed by atoms with Crippen LogP contribution < -0.4 is 10.6 Å². The van der Waals surface area contributed by atoms with Gasteiger partial charge in [-0.25, -0.2) is 0 Å². The number of hydrogen-bond donors (Lipinski definition) is 2. The van der Waals surface area contributed by atoms with Crippen LogP contribution in [0.5, 0.6) is 0 Å². The van der Waals surface area contributed by atoms with E-state index in [-0.39, 0.29) is 18.0 Å². The molecule has 154 valence electrons. The van der Waals surface area contributed by atoms with Crippen molar-refractivity contribution in [2.45, 2.75) is 32.4 Å². The summed E-state index contributed by atoms with van der Waals surface area (Å²) < 4.78 is 0. The number of rotatable bonds is 6. The number of nitrogens with zero attached hydrogens (tertiary/aromatic N) is 2. The van der Waals surface area contributed by atoms with E-state index in [1.54, 1.807) is 17.5 Å². The molecule has 1 fully saturated rings. The zero-order valence-corrected chi connectivity index (χ0v) is 18.6. The van der Waals surface area contributed by atoms with Crippen molar-refractivity contribution < 1.29 is 4.79 Å². The van der Waals surface area contributed by atoms with Gasteiger partial charge in [0, 0.05) is 34.6 Å². The topological polar surface area (TPSA) is 57.3 Å². The first-order valence-corrected chi connectivity index (χ1v) is 11.1. The summed E-state index contributed by atoms with van der Waals surface area (Å²) in [5, 5.41) is 7.07. The van der Waals surface area contributed by atoms with Gasteiger partial charge in [0.1, 0.15) is 0 Å². The second-order valence-corrected chi connectivity index (χ2v) is 9.14. The Morgan fingerprint density at radius 2 is 2.07 bits per heavy atom. The lowest BCUT2D eigenvalue weighted by Gasteiger charge is -2.26. The molecule has 1 amide bonds. The minimum absolute atomic E-state index is 0.0119. The molecule has 2 aromatic heterocycles. The molecule has 2 N–H and O–H groups in total. The van der Waals surface area contributed by atoms with E-state index in [1.165, 1.54) is 9.75 Å². The predicted octanol–water partition coefficient (Wildman–Crippen LogP) is 4.76. The summed E-state index contributed by atoms with van der Waals surface area (Å²) in [4.78, 5) is 21.7. The fraction of sp³-hybridized carbons (Fsp3) is 0.261. The zero-order valence-electron chi connectivity index (χ0n) is 17.0. The van der Waals surface area contributed by atoms with Crippen LogP contribution in [-0.4, -0.2) is 27.4 Å². The number of pyridine rings is 1. The maximum Gasteiger partial charge on any atom is 0.226 e. The normalized spacial score (nSPS) is 18.3. The standard InChI is InChI=1S/C23H24N4OS2/c1-15-6-5-7-17(14-15)25-20(28)11-13-27-22(19-10-9-16(2)30-19)21(26-23(27)29)18-8-3-4-12-24-18/h3-10,12,14,21-22H,11,13H2,1-2H3,(H,25,28)(H,26,29)/t21-,22+/m0/s1. The highest BCUT2D eigenvalue weighted by molar-refractivity contribution is 7.80. The molecule has 30 heavy (non-hydrogen) atoms. The largest absolute Gasteiger partial charge is 0.352 e. The summed E-state index contributed by atoms with van der Waals surface area (Å²) in [6.45, 7) is 4.65. The van der Waals surface area contributed by atoms with Gasteiger partial charge in [-0.3, -0.25) is 9.78 Å². The third-order valence-electron chi connectivity index (χ3n) is 5.13. The van der Waals surface area contributed by atoms with Crippen LogP contribution in [0.1, 0.15) is 39.5 Å². The first-order chi connectivity index (χ1) is 14.5. The molecule has 5 nitrogen and oxygen atoms in total. The molecular weight excluding hydrogens is 412 g/mol. The van der Waals surface area contributed by atoms with E-state index in [4.69, 9.17) is 12.2 Å². The van der Waals surface area contributed by atoms with Gasteiger partial charge >= 0.3 is 0 Å². The smallest absolute Gasteiger partial charge is 0.226 e. The fourth-order valence-electron chi connectivity index (χ4n) is 3.74. The third kappa shape index (κ3) is 4.52. The Hall–Kier alpha value is -2.77. The lowest BCUT2D eigenvalue weighted by atomic mass is 10.0. The minimum atomic E-state index is -0.0448. The van der Waals surface area contributed by atoms with E-state index < -0.39 is 0 Å². The van der Waals surface area contributed by atoms with Gasteiger partial charge in [-0.2, -0.15) is 0 Å². The number of aryl methyl sites for hydroxylation is 2. The summed E-state index contributed by atoms with van der Waals surface area (Å²) in [6.07, 6.45) is 2.15. The highest BCUT2D eigenvalue weighted by Gasteiger charge is 2.40. The Bertz CT molecular complexity index is 1050. The predicted molar refractivity (Wildman–Crippen MR) is 126 cm³/mol. The Kier molecular flexibility index (Phi) is 6.11. The number of amides is 1. The summed E-state index contributed by atoms with van der Waals surface area (Å²) in [7, 11) is 0. The van der Waals surface area contributed by atoms with Crippen LogP contribution in [0.3, 0.4) is 0 Å². The van der Waals surface area contributed by atoms with E-state index in [2.05, 4.69) is 39.6 Å². The monoisotopic (exact) mass is 436 g/mol. The fourth-order valence-corrected chi connectivity index (χ4v) is 5.10. The van der Waals surface area contributed by atoms with Gasteiger partial charge in [0.15, 0.2) is 5.11 Å². The van der Waals surface area contributed by atoms with Gasteiger partial charge < -0.3 is 15.5 Å². The average molecular weight is 437 g/mol. The molecule has 0 unspecified atom stereocenters. The Labute approximate surface area is 186 Å². The molecule has 0 aliphatic carbocycles. The molecule has 1 aliphatic heterocycles. The molecule has 0 radical (unpaired) electrons. The van der Waals surface area contributed by atoms with Crippen molar-refractivity contribution in [3.8, 4) is 0 Å². The number of anilines is 1. The molecule has 1 aliphatic rings. The Balaban J connectivity index is 1.51. The second-order valence-electron chi connectivity index (χ2n) is 7.44. The van der Waals surface area contributed by atoms with E-state index in [0.29, 0.717) is 18.1 Å². The number of benzene rings is 1. The van der Waals surface area contributed by atoms with Gasteiger partial charge in [-0.1, -0.05) is 18.2 Å². The Morgan fingerprint density at radius 3 is 2.77 bits per heavy atom. The van der Waals surface area contributed by atoms with Crippen molar-refractivity contribution in [3.05, 3.63) is 81.8 Å². The quantitative estimate of drug-likeness (QED) is 0.546. The van der Waals surface area contributed by atoms with Gasteiger partial charge in [0.2, 0.25) is 5.91 Å². The van der Waals surface area contributed by atoms with E-state index in [9.17, 15) is 4.79 Å². The SMILES string of the molecule is Cc1cccc(NC(=O)CCN2C(=S)N[C@@H](c3ccccn3)[C@H]2c2ccc(C)s2)c1. The molecule has 2 atom stereocenters. The number of hydrogen-bond acceptors (Lipinski definition) is 4. The molecule has 1 aromatic carbocycles. The number of carbonyl (C=O) groups is 1. The lowest BCUT2D eigenvalue weighted by molar-refractivity contribution is -0.116. The van der Waals surface area contributed by atoms with Crippen LogP contribution >= 0.6 is 23.6 Å². The molecule has 7 heteroatoms. The number of aromatic nitrogens is 1. The molecule has 1 saturated heterocycles. The first-order valence-electron chi connectivity index (χ1n) is 9.92. The minimum Gasteiger partial charge on any atom is -0.352 e. The zero-order chi connectivity index (χ0) is 21.1. The lowest BCUT2D eigenvalue weighted by Crippen LogP contribution is -2.32. The first kappa shape index (κ1) is 20.5. The van der Waals surface area contributed by atoms with Crippen molar-refractivity contribution in [1.82, 2.24) is 15.2 Å². The van der Waals surface area contributed by atoms with Crippen molar-refractivity contribution in [3.63, 3.8) is 0 Å². The third-order valence-corrected chi connectivity index (χ3v) is 6.56. The van der Waals surface area contributed by atoms with Crippen molar-refractivity contribution >= 4 is 40.3 Å². The molecule has 0 saturated carbocycles. The van der Waals surface area contributed by atoms with Crippen molar-refractivity contribution in [2.24, 2.45) is 0 Å². The van der Waals surface area contributed by atoms with Crippen LogP contribution in [0, 0.1) is 13.8 Å². The van der Waals surface area contributed by atoms with Crippen molar-refractivity contribution in [1.29, 1.82) is 0 Å². The highest BCUT2D eigenvalue weighted by atomic mass is 32.1. The maximum atomic E-state index is 12.6. The van der Waals surface area contributed by atoms with E-state index >= 15 is 0 Å². The average Bonchev–Trinajstić information content (AvgIpc) is 3.30. The summed E-state index contributed by atoms with van der Waals surface area (Å²) in [5.74, 6) is -0.0224. The van der Waals surface area contributed by atoms with Gasteiger partial charge in [-0.15, -0.1) is 11.3 Å². The van der Waals surface area contributed by atoms with Gasteiger partial charge in [-0.05, 0) is 68.0 Å². The van der Waals surface area contributed by atoms with Crippen LogP contribution in [0.25, 0.3) is 0 Å². The molecular formula is C23H24N4OS2.